The van der Waals surface area contributed by atoms with Crippen LogP contribution in [0.25, 0.3) is 11.1 Å². The first-order valence-electron chi connectivity index (χ1n) is 9.23. The Balaban J connectivity index is 1.62. The lowest BCUT2D eigenvalue weighted by Crippen LogP contribution is -2.45. The number of nitrogens with two attached hydrogens (primary N) is 1. The number of hydrogen-bond acceptors (Lipinski definition) is 3. The molecule has 148 valence electrons. The van der Waals surface area contributed by atoms with Gasteiger partial charge in [-0.1, -0.05) is 60.7 Å². The van der Waals surface area contributed by atoms with Crippen LogP contribution in [0.1, 0.15) is 16.8 Å². The molecule has 0 unspecified atom stereocenters. The molecular formula is C23H22N2O3S. The quantitative estimate of drug-likeness (QED) is 0.602. The number of amides is 2. The van der Waals surface area contributed by atoms with Crippen molar-refractivity contribution in [2.24, 2.45) is 5.73 Å². The molecule has 0 aliphatic heterocycles. The average Bonchev–Trinajstić information content (AvgIpc) is 2.77. The Kier molecular flexibility index (Phi) is 6.92. The first kappa shape index (κ1) is 20.5. The van der Waals surface area contributed by atoms with Crippen molar-refractivity contribution in [1.82, 2.24) is 5.32 Å². The van der Waals surface area contributed by atoms with Crippen molar-refractivity contribution in [1.29, 1.82) is 0 Å². The van der Waals surface area contributed by atoms with Crippen LogP contribution < -0.4 is 11.1 Å². The van der Waals surface area contributed by atoms with Gasteiger partial charge in [0, 0.05) is 16.2 Å². The number of carbonyl (C=O) groups excluding carboxylic acids is 2. The summed E-state index contributed by atoms with van der Waals surface area (Å²) in [4.78, 5) is 25.0. The molecule has 29 heavy (non-hydrogen) atoms. The molecule has 3 N–H and O–H groups in total. The van der Waals surface area contributed by atoms with E-state index in [1.807, 2.05) is 48.5 Å². The van der Waals surface area contributed by atoms with E-state index in [4.69, 9.17) is 5.73 Å². The zero-order valence-electron chi connectivity index (χ0n) is 15.8. The molecular weight excluding hydrogens is 384 g/mol. The molecule has 5 nitrogen and oxygen atoms in total. The van der Waals surface area contributed by atoms with E-state index in [1.165, 1.54) is 0 Å². The molecule has 2 atom stereocenters. The molecule has 3 aromatic rings. The maximum Gasteiger partial charge on any atom is 0.251 e. The van der Waals surface area contributed by atoms with Gasteiger partial charge in [0.2, 0.25) is 5.91 Å². The van der Waals surface area contributed by atoms with Gasteiger partial charge in [0.05, 0.1) is 10.8 Å². The lowest BCUT2D eigenvalue weighted by atomic mass is 10.0. The molecule has 2 amide bonds. The Morgan fingerprint density at radius 2 is 1.38 bits per heavy atom. The van der Waals surface area contributed by atoms with E-state index in [2.05, 4.69) is 5.32 Å². The number of benzene rings is 3. The molecule has 3 rings (SSSR count). The fourth-order valence-electron chi connectivity index (χ4n) is 2.89. The van der Waals surface area contributed by atoms with Crippen LogP contribution in [0.2, 0.25) is 0 Å². The van der Waals surface area contributed by atoms with Crippen LogP contribution in [-0.4, -0.2) is 27.8 Å². The molecule has 0 saturated carbocycles. The minimum absolute atomic E-state index is 0.199. The summed E-state index contributed by atoms with van der Waals surface area (Å²) in [7, 11) is -1.26. The van der Waals surface area contributed by atoms with E-state index in [9.17, 15) is 13.8 Å². The Morgan fingerprint density at radius 1 is 0.828 bits per heavy atom. The van der Waals surface area contributed by atoms with Crippen LogP contribution in [0.5, 0.6) is 0 Å². The van der Waals surface area contributed by atoms with Crippen molar-refractivity contribution < 1.29 is 13.8 Å². The molecule has 6 heteroatoms. The SMILES string of the molecule is NC(=O)[C@H](CC[S@@](=O)c1ccccc1)NC(=O)c1ccc(-c2ccccc2)cc1. The number of hydrogen-bond donors (Lipinski definition) is 2. The molecule has 0 heterocycles. The molecule has 0 fully saturated rings. The highest BCUT2D eigenvalue weighted by Gasteiger charge is 2.20. The van der Waals surface area contributed by atoms with Gasteiger partial charge in [-0.15, -0.1) is 0 Å². The van der Waals surface area contributed by atoms with Crippen LogP contribution in [-0.2, 0) is 15.6 Å². The third-order valence-corrected chi connectivity index (χ3v) is 5.91. The molecule has 0 bridgehead atoms. The van der Waals surface area contributed by atoms with E-state index < -0.39 is 22.7 Å². The van der Waals surface area contributed by atoms with Gasteiger partial charge in [-0.25, -0.2) is 0 Å². The van der Waals surface area contributed by atoms with Gasteiger partial charge in [-0.05, 0) is 41.8 Å². The predicted molar refractivity (Wildman–Crippen MR) is 115 cm³/mol. The highest BCUT2D eigenvalue weighted by atomic mass is 32.2. The van der Waals surface area contributed by atoms with Crippen LogP contribution >= 0.6 is 0 Å². The van der Waals surface area contributed by atoms with E-state index in [-0.39, 0.29) is 18.1 Å². The van der Waals surface area contributed by atoms with E-state index >= 15 is 0 Å². The molecule has 0 aromatic heterocycles. The first-order valence-corrected chi connectivity index (χ1v) is 10.6. The second kappa shape index (κ2) is 9.80. The maximum absolute atomic E-state index is 12.5. The molecule has 0 aliphatic carbocycles. The molecule has 0 spiro atoms. The van der Waals surface area contributed by atoms with Crippen molar-refractivity contribution in [3.05, 3.63) is 90.5 Å². The Morgan fingerprint density at radius 3 is 1.97 bits per heavy atom. The Bertz CT molecular complexity index is 990. The summed E-state index contributed by atoms with van der Waals surface area (Å²) in [5.41, 5.74) is 7.91. The third kappa shape index (κ3) is 5.62. The highest BCUT2D eigenvalue weighted by molar-refractivity contribution is 7.85. The third-order valence-electron chi connectivity index (χ3n) is 4.50. The Labute approximate surface area is 172 Å². The number of carbonyl (C=O) groups is 2. The van der Waals surface area contributed by atoms with Crippen molar-refractivity contribution in [2.75, 3.05) is 5.75 Å². The molecule has 3 aromatic carbocycles. The van der Waals surface area contributed by atoms with Crippen molar-refractivity contribution >= 4 is 22.6 Å². The molecule has 0 saturated heterocycles. The van der Waals surface area contributed by atoms with Gasteiger partial charge in [-0.3, -0.25) is 13.8 Å². The summed E-state index contributed by atoms with van der Waals surface area (Å²) in [6, 6.07) is 25.1. The maximum atomic E-state index is 12.5. The van der Waals surface area contributed by atoms with Gasteiger partial charge in [-0.2, -0.15) is 0 Å². The van der Waals surface area contributed by atoms with Crippen LogP contribution in [0.4, 0.5) is 0 Å². The predicted octanol–water partition coefficient (Wildman–Crippen LogP) is 3.14. The summed E-state index contributed by atoms with van der Waals surface area (Å²) < 4.78 is 12.3. The Hall–Kier alpha value is -3.25. The van der Waals surface area contributed by atoms with Gasteiger partial charge >= 0.3 is 0 Å². The minimum atomic E-state index is -1.26. The summed E-state index contributed by atoms with van der Waals surface area (Å²) in [5, 5.41) is 2.65. The van der Waals surface area contributed by atoms with E-state index in [0.29, 0.717) is 10.5 Å². The summed E-state index contributed by atoms with van der Waals surface area (Å²) in [5.74, 6) is -0.812. The fourth-order valence-corrected chi connectivity index (χ4v) is 4.03. The van der Waals surface area contributed by atoms with Crippen molar-refractivity contribution in [2.45, 2.75) is 17.4 Å². The second-order valence-corrected chi connectivity index (χ2v) is 8.09. The lowest BCUT2D eigenvalue weighted by Gasteiger charge is -2.15. The monoisotopic (exact) mass is 406 g/mol. The summed E-state index contributed by atoms with van der Waals surface area (Å²) in [6.45, 7) is 0. The number of rotatable bonds is 8. The van der Waals surface area contributed by atoms with Gasteiger partial charge in [0.1, 0.15) is 6.04 Å². The summed E-state index contributed by atoms with van der Waals surface area (Å²) >= 11 is 0. The molecule has 0 aliphatic rings. The van der Waals surface area contributed by atoms with Crippen molar-refractivity contribution in [3.63, 3.8) is 0 Å². The number of nitrogens with one attached hydrogen (secondary N) is 1. The second-order valence-electron chi connectivity index (χ2n) is 6.52. The van der Waals surface area contributed by atoms with Gasteiger partial charge < -0.3 is 11.1 Å². The van der Waals surface area contributed by atoms with E-state index in [0.717, 1.165) is 11.1 Å². The standard InChI is InChI=1S/C23H22N2O3S/c24-22(26)21(15-16-29(28)20-9-5-2-6-10-20)25-23(27)19-13-11-18(12-14-19)17-7-3-1-4-8-17/h1-14,21H,15-16H2,(H2,24,26)(H,25,27)/t21-,29+/m0/s1. The number of primary amides is 1. The van der Waals surface area contributed by atoms with Crippen LogP contribution in [0, 0.1) is 0 Å². The largest absolute Gasteiger partial charge is 0.368 e. The zero-order valence-corrected chi connectivity index (χ0v) is 16.6. The lowest BCUT2D eigenvalue weighted by molar-refractivity contribution is -0.119. The van der Waals surface area contributed by atoms with Gasteiger partial charge in [0.15, 0.2) is 0 Å². The van der Waals surface area contributed by atoms with E-state index in [1.54, 1.807) is 36.4 Å². The zero-order chi connectivity index (χ0) is 20.6. The average molecular weight is 407 g/mol. The summed E-state index contributed by atoms with van der Waals surface area (Å²) in [6.07, 6.45) is 0.199. The molecule has 0 radical (unpaired) electrons. The smallest absolute Gasteiger partial charge is 0.251 e. The highest BCUT2D eigenvalue weighted by Crippen LogP contribution is 2.19. The topological polar surface area (TPSA) is 89.3 Å². The minimum Gasteiger partial charge on any atom is -0.368 e. The van der Waals surface area contributed by atoms with Gasteiger partial charge in [0.25, 0.3) is 5.91 Å². The normalized spacial score (nSPS) is 12.7. The fraction of sp³-hybridized carbons (Fsp3) is 0.130. The van der Waals surface area contributed by atoms with Crippen molar-refractivity contribution in [3.8, 4) is 11.1 Å². The van der Waals surface area contributed by atoms with Crippen LogP contribution in [0.15, 0.2) is 89.8 Å². The van der Waals surface area contributed by atoms with Crippen LogP contribution in [0.3, 0.4) is 0 Å². The first-order chi connectivity index (χ1) is 14.0.